The Morgan fingerprint density at radius 1 is 0.760 bits per heavy atom. The molecule has 0 aliphatic heterocycles. The van der Waals surface area contributed by atoms with Crippen LogP contribution in [0.4, 0.5) is 17.6 Å². The second-order valence-corrected chi connectivity index (χ2v) is 4.98. The molecular weight excluding hydrogens is 340 g/mol. The summed E-state index contributed by atoms with van der Waals surface area (Å²) in [4.78, 5) is 9.63. The molecule has 0 spiro atoms. The zero-order valence-electron chi connectivity index (χ0n) is 13.4. The van der Waals surface area contributed by atoms with Gasteiger partial charge in [0, 0.05) is 23.3 Å². The van der Waals surface area contributed by atoms with Crippen LogP contribution in [0.15, 0.2) is 46.7 Å². The molecule has 0 amide bonds. The molecule has 2 aromatic carbocycles. The Kier molecular flexibility index (Phi) is 6.10. The molecule has 0 saturated carbocycles. The minimum atomic E-state index is -0.772. The van der Waals surface area contributed by atoms with Crippen LogP contribution in [0.25, 0.3) is 0 Å². The minimum Gasteiger partial charge on any atom is -0.352 e. The van der Waals surface area contributed by atoms with Gasteiger partial charge in [0.05, 0.1) is 11.4 Å². The first-order chi connectivity index (χ1) is 11.9. The zero-order valence-corrected chi connectivity index (χ0v) is 13.4. The molecule has 2 aromatic rings. The fourth-order valence-corrected chi connectivity index (χ4v) is 1.93. The molecule has 0 atom stereocenters. The third kappa shape index (κ3) is 5.03. The van der Waals surface area contributed by atoms with Gasteiger partial charge in [-0.15, -0.1) is 0 Å². The summed E-state index contributed by atoms with van der Waals surface area (Å²) in [7, 11) is 0. The lowest BCUT2D eigenvalue weighted by Gasteiger charge is -2.05. The van der Waals surface area contributed by atoms with E-state index in [1.54, 1.807) is 0 Å². The standard InChI is InChI=1S/C17H14F4N2O2/c1-10(14-5-3-12(18)7-16(14)20)22-24-9-25-23-11(2)15-6-4-13(19)8-17(15)21/h3-8H,9H2,1-2H3/b22-10-,23-11+. The number of rotatable bonds is 6. The number of benzene rings is 2. The third-order valence-corrected chi connectivity index (χ3v) is 3.15. The SMILES string of the molecule is C/C(=N/OCO/N=C(\C)c1ccc(F)cc1F)c1ccc(F)cc1F. The summed E-state index contributed by atoms with van der Waals surface area (Å²) in [6.07, 6.45) is 0. The van der Waals surface area contributed by atoms with Crippen molar-refractivity contribution in [1.82, 2.24) is 0 Å². The maximum Gasteiger partial charge on any atom is 0.280 e. The first-order valence-electron chi connectivity index (χ1n) is 7.12. The Bertz CT molecular complexity index is 755. The predicted octanol–water partition coefficient (Wildman–Crippen LogP) is 4.38. The molecule has 0 fully saturated rings. The normalized spacial score (nSPS) is 12.2. The maximum atomic E-state index is 13.5. The zero-order chi connectivity index (χ0) is 18.4. The van der Waals surface area contributed by atoms with Gasteiger partial charge in [-0.25, -0.2) is 17.6 Å². The summed E-state index contributed by atoms with van der Waals surface area (Å²) >= 11 is 0. The molecule has 0 unspecified atom stereocenters. The lowest BCUT2D eigenvalue weighted by molar-refractivity contribution is -0.0505. The molecule has 25 heavy (non-hydrogen) atoms. The average Bonchev–Trinajstić information content (AvgIpc) is 2.54. The molecular formula is C17H14F4N2O2. The summed E-state index contributed by atoms with van der Waals surface area (Å²) in [6, 6.07) is 6.11. The predicted molar refractivity (Wildman–Crippen MR) is 84.2 cm³/mol. The summed E-state index contributed by atoms with van der Waals surface area (Å²) in [6.45, 7) is 2.53. The van der Waals surface area contributed by atoms with E-state index < -0.39 is 30.1 Å². The van der Waals surface area contributed by atoms with E-state index in [9.17, 15) is 17.6 Å². The van der Waals surface area contributed by atoms with Crippen molar-refractivity contribution in [3.63, 3.8) is 0 Å². The highest BCUT2D eigenvalue weighted by Crippen LogP contribution is 2.12. The summed E-state index contributed by atoms with van der Waals surface area (Å²) < 4.78 is 52.8. The maximum absolute atomic E-state index is 13.5. The van der Waals surface area contributed by atoms with Gasteiger partial charge in [-0.3, -0.25) is 0 Å². The van der Waals surface area contributed by atoms with Gasteiger partial charge in [-0.05, 0) is 38.1 Å². The second-order valence-electron chi connectivity index (χ2n) is 4.98. The van der Waals surface area contributed by atoms with Crippen molar-refractivity contribution in [3.8, 4) is 0 Å². The van der Waals surface area contributed by atoms with Crippen molar-refractivity contribution in [1.29, 1.82) is 0 Å². The molecule has 4 nitrogen and oxygen atoms in total. The third-order valence-electron chi connectivity index (χ3n) is 3.15. The van der Waals surface area contributed by atoms with Gasteiger partial charge >= 0.3 is 0 Å². The Morgan fingerprint density at radius 2 is 1.16 bits per heavy atom. The monoisotopic (exact) mass is 354 g/mol. The van der Waals surface area contributed by atoms with Crippen molar-refractivity contribution >= 4 is 11.4 Å². The Balaban J connectivity index is 1.91. The van der Waals surface area contributed by atoms with Crippen molar-refractivity contribution in [3.05, 3.63) is 70.8 Å². The molecule has 0 bridgehead atoms. The lowest BCUT2D eigenvalue weighted by atomic mass is 10.1. The van der Waals surface area contributed by atoms with Crippen LogP contribution in [0.3, 0.4) is 0 Å². The quantitative estimate of drug-likeness (QED) is 0.254. The van der Waals surface area contributed by atoms with Crippen LogP contribution in [0.1, 0.15) is 25.0 Å². The minimum absolute atomic E-state index is 0.0782. The van der Waals surface area contributed by atoms with Gasteiger partial charge in [0.2, 0.25) is 0 Å². The highest BCUT2D eigenvalue weighted by Gasteiger charge is 2.08. The average molecular weight is 354 g/mol. The smallest absolute Gasteiger partial charge is 0.280 e. The highest BCUT2D eigenvalue weighted by atomic mass is 19.1. The molecule has 0 N–H and O–H groups in total. The van der Waals surface area contributed by atoms with Gasteiger partial charge in [-0.1, -0.05) is 10.3 Å². The second kappa shape index (κ2) is 8.27. The van der Waals surface area contributed by atoms with E-state index in [4.69, 9.17) is 9.68 Å². The molecule has 132 valence electrons. The van der Waals surface area contributed by atoms with E-state index in [0.29, 0.717) is 0 Å². The van der Waals surface area contributed by atoms with Gasteiger partial charge in [0.15, 0.2) is 0 Å². The van der Waals surface area contributed by atoms with Crippen molar-refractivity contribution in [2.45, 2.75) is 13.8 Å². The van der Waals surface area contributed by atoms with E-state index in [0.717, 1.165) is 24.3 Å². The Hall–Kier alpha value is -2.90. The van der Waals surface area contributed by atoms with Crippen LogP contribution >= 0.6 is 0 Å². The number of halogens is 4. The van der Waals surface area contributed by atoms with Crippen LogP contribution in [-0.4, -0.2) is 18.2 Å². The summed E-state index contributed by atoms with van der Waals surface area (Å²) in [5.41, 5.74) is 0.502. The number of hydrogen-bond acceptors (Lipinski definition) is 4. The van der Waals surface area contributed by atoms with Gasteiger partial charge in [0.25, 0.3) is 6.79 Å². The molecule has 0 aliphatic carbocycles. The Labute approximate surface area is 141 Å². The van der Waals surface area contributed by atoms with Gasteiger partial charge < -0.3 is 9.68 Å². The van der Waals surface area contributed by atoms with E-state index in [1.165, 1.54) is 26.0 Å². The molecule has 0 radical (unpaired) electrons. The molecule has 0 aromatic heterocycles. The highest BCUT2D eigenvalue weighted by molar-refractivity contribution is 5.99. The first kappa shape index (κ1) is 18.4. The van der Waals surface area contributed by atoms with E-state index in [-0.39, 0.29) is 22.6 Å². The molecule has 0 heterocycles. The van der Waals surface area contributed by atoms with E-state index in [2.05, 4.69) is 10.3 Å². The van der Waals surface area contributed by atoms with Gasteiger partial charge in [-0.2, -0.15) is 0 Å². The van der Waals surface area contributed by atoms with Crippen LogP contribution < -0.4 is 0 Å². The Morgan fingerprint density at radius 3 is 1.52 bits per heavy atom. The summed E-state index contributed by atoms with van der Waals surface area (Å²) in [5.74, 6) is -2.94. The number of hydrogen-bond donors (Lipinski definition) is 0. The van der Waals surface area contributed by atoms with E-state index >= 15 is 0 Å². The van der Waals surface area contributed by atoms with Crippen LogP contribution in [0.2, 0.25) is 0 Å². The molecule has 0 saturated heterocycles. The van der Waals surface area contributed by atoms with E-state index in [1.807, 2.05) is 0 Å². The topological polar surface area (TPSA) is 43.2 Å². The first-order valence-corrected chi connectivity index (χ1v) is 7.12. The summed E-state index contributed by atoms with van der Waals surface area (Å²) in [5, 5.41) is 7.24. The van der Waals surface area contributed by atoms with Crippen LogP contribution in [0.5, 0.6) is 0 Å². The fourth-order valence-electron chi connectivity index (χ4n) is 1.93. The van der Waals surface area contributed by atoms with Crippen LogP contribution in [-0.2, 0) is 9.68 Å². The van der Waals surface area contributed by atoms with Crippen LogP contribution in [0, 0.1) is 23.3 Å². The fraction of sp³-hybridized carbons (Fsp3) is 0.176. The van der Waals surface area contributed by atoms with Crippen molar-refractivity contribution < 1.29 is 27.2 Å². The largest absolute Gasteiger partial charge is 0.352 e. The number of nitrogens with zero attached hydrogens (tertiary/aromatic N) is 2. The van der Waals surface area contributed by atoms with Crippen molar-refractivity contribution in [2.24, 2.45) is 10.3 Å². The van der Waals surface area contributed by atoms with Gasteiger partial charge in [0.1, 0.15) is 23.3 Å². The molecule has 2 rings (SSSR count). The molecule has 0 aliphatic rings. The lowest BCUT2D eigenvalue weighted by Crippen LogP contribution is -2.03. The van der Waals surface area contributed by atoms with Crippen molar-refractivity contribution in [2.75, 3.05) is 6.79 Å². The molecule has 8 heteroatoms. The number of oxime groups is 2.